The van der Waals surface area contributed by atoms with Gasteiger partial charge in [0, 0.05) is 48.1 Å². The van der Waals surface area contributed by atoms with Crippen LogP contribution in [0.2, 0.25) is 0 Å². The second kappa shape index (κ2) is 13.4. The van der Waals surface area contributed by atoms with Crippen molar-refractivity contribution in [3.8, 4) is 17.0 Å². The number of aryl methyl sites for hydroxylation is 1. The summed E-state index contributed by atoms with van der Waals surface area (Å²) in [6.07, 6.45) is 5.30. The first-order valence-corrected chi connectivity index (χ1v) is 13.8. The van der Waals surface area contributed by atoms with Crippen LogP contribution < -0.4 is 9.64 Å². The molecule has 0 spiro atoms. The number of hydrogen-bond acceptors (Lipinski definition) is 6. The highest BCUT2D eigenvalue weighted by molar-refractivity contribution is 5.83. The third-order valence-corrected chi connectivity index (χ3v) is 6.82. The van der Waals surface area contributed by atoms with Gasteiger partial charge in [0.2, 0.25) is 0 Å². The minimum absolute atomic E-state index is 0.00637. The number of hydrogen-bond donors (Lipinski definition) is 2. The number of pyridine rings is 2. The van der Waals surface area contributed by atoms with E-state index in [0.29, 0.717) is 22.7 Å². The van der Waals surface area contributed by atoms with Gasteiger partial charge in [-0.2, -0.15) is 0 Å². The molecule has 1 saturated heterocycles. The van der Waals surface area contributed by atoms with E-state index in [1.165, 1.54) is 18.2 Å². The maximum Gasteiger partial charge on any atom is 0.307 e. The first-order chi connectivity index (χ1) is 19.1. The van der Waals surface area contributed by atoms with Crippen molar-refractivity contribution in [2.75, 3.05) is 24.6 Å². The number of carbonyl (C=O) groups is 1. The van der Waals surface area contributed by atoms with Gasteiger partial charge in [-0.3, -0.25) is 14.8 Å². The standard InChI is InChI=1S/C28H31F2N3O3.C4H10O/c1-18-21(15-26(34)35)27(33-12-10-28(2,3)11-13-33)22(17-31-18)25-8-7-19(16-32-25)36-14-9-20-23(29)5-4-6-24(20)30;1-4(2,3)5/h4-8,16-17H,9-15H2,1-3H3,(H,34,35);5H,1-3H3. The number of carboxylic acids is 1. The number of halogens is 2. The molecule has 41 heavy (non-hydrogen) atoms. The summed E-state index contributed by atoms with van der Waals surface area (Å²) in [5.74, 6) is -1.62. The van der Waals surface area contributed by atoms with Crippen LogP contribution in [0.5, 0.6) is 5.75 Å². The zero-order valence-corrected chi connectivity index (χ0v) is 24.8. The lowest BCUT2D eigenvalue weighted by Gasteiger charge is -2.40. The number of anilines is 1. The fraction of sp³-hybridized carbons (Fsp3) is 0.469. The number of aliphatic carboxylic acids is 1. The molecule has 7 nitrogen and oxygen atoms in total. The predicted molar refractivity (Wildman–Crippen MR) is 156 cm³/mol. The normalized spacial score (nSPS) is 14.7. The number of aromatic nitrogens is 2. The van der Waals surface area contributed by atoms with Crippen LogP contribution >= 0.6 is 0 Å². The quantitative estimate of drug-likeness (QED) is 0.325. The lowest BCUT2D eigenvalue weighted by Crippen LogP contribution is -2.38. The van der Waals surface area contributed by atoms with E-state index in [1.807, 2.05) is 6.92 Å². The van der Waals surface area contributed by atoms with Gasteiger partial charge in [-0.05, 0) is 70.2 Å². The van der Waals surface area contributed by atoms with Gasteiger partial charge in [-0.1, -0.05) is 19.9 Å². The van der Waals surface area contributed by atoms with Crippen LogP contribution in [0.15, 0.2) is 42.7 Å². The van der Waals surface area contributed by atoms with Gasteiger partial charge >= 0.3 is 5.97 Å². The molecule has 3 aromatic rings. The zero-order valence-electron chi connectivity index (χ0n) is 24.8. The Kier molecular flexibility index (Phi) is 10.4. The molecule has 3 heterocycles. The predicted octanol–water partition coefficient (Wildman–Crippen LogP) is 6.38. The van der Waals surface area contributed by atoms with Crippen molar-refractivity contribution in [3.63, 3.8) is 0 Å². The molecule has 222 valence electrons. The largest absolute Gasteiger partial charge is 0.492 e. The third-order valence-electron chi connectivity index (χ3n) is 6.82. The summed E-state index contributed by atoms with van der Waals surface area (Å²) in [6.45, 7) is 13.3. The van der Waals surface area contributed by atoms with E-state index in [4.69, 9.17) is 9.84 Å². The van der Waals surface area contributed by atoms with Crippen LogP contribution in [-0.4, -0.2) is 51.4 Å². The summed E-state index contributed by atoms with van der Waals surface area (Å²) < 4.78 is 33.3. The summed E-state index contributed by atoms with van der Waals surface area (Å²) in [5, 5.41) is 18.1. The molecule has 4 rings (SSSR count). The van der Waals surface area contributed by atoms with E-state index in [9.17, 15) is 18.7 Å². The van der Waals surface area contributed by atoms with Crippen molar-refractivity contribution < 1.29 is 28.5 Å². The topological polar surface area (TPSA) is 95.8 Å². The first-order valence-electron chi connectivity index (χ1n) is 13.8. The highest BCUT2D eigenvalue weighted by Gasteiger charge is 2.29. The molecule has 1 aliphatic heterocycles. The van der Waals surface area contributed by atoms with Gasteiger partial charge in [0.05, 0.1) is 36.2 Å². The smallest absolute Gasteiger partial charge is 0.307 e. The average molecular weight is 570 g/mol. The molecule has 0 aliphatic carbocycles. The molecule has 0 unspecified atom stereocenters. The molecule has 2 N–H and O–H groups in total. The van der Waals surface area contributed by atoms with E-state index in [0.717, 1.165) is 37.2 Å². The number of piperidine rings is 1. The van der Waals surface area contributed by atoms with Crippen LogP contribution in [-0.2, 0) is 17.6 Å². The average Bonchev–Trinajstić information content (AvgIpc) is 2.86. The summed E-state index contributed by atoms with van der Waals surface area (Å²) in [6, 6.07) is 7.33. The van der Waals surface area contributed by atoms with Crippen molar-refractivity contribution in [1.82, 2.24) is 9.97 Å². The molecule has 0 atom stereocenters. The van der Waals surface area contributed by atoms with Crippen molar-refractivity contribution in [3.05, 3.63) is 71.2 Å². The Balaban J connectivity index is 0.000000850. The fourth-order valence-electron chi connectivity index (χ4n) is 4.55. The third kappa shape index (κ3) is 9.49. The molecule has 0 radical (unpaired) electrons. The van der Waals surface area contributed by atoms with Crippen LogP contribution in [0.4, 0.5) is 14.5 Å². The Bertz CT molecular complexity index is 1300. The Hall–Kier alpha value is -3.59. The second-order valence-corrected chi connectivity index (χ2v) is 12.2. The molecule has 0 saturated carbocycles. The Morgan fingerprint density at radius 1 is 1.02 bits per heavy atom. The number of benzene rings is 1. The van der Waals surface area contributed by atoms with Crippen LogP contribution in [0.25, 0.3) is 11.3 Å². The SMILES string of the molecule is CC(C)(C)O.Cc1ncc(-c2ccc(OCCc3c(F)cccc3F)cn2)c(N2CCC(C)(C)CC2)c1CC(=O)O. The summed E-state index contributed by atoms with van der Waals surface area (Å²) in [7, 11) is 0. The Morgan fingerprint density at radius 3 is 2.17 bits per heavy atom. The van der Waals surface area contributed by atoms with Crippen LogP contribution in [0.3, 0.4) is 0 Å². The van der Waals surface area contributed by atoms with E-state index >= 15 is 0 Å². The van der Waals surface area contributed by atoms with Crippen LogP contribution in [0, 0.1) is 24.0 Å². The van der Waals surface area contributed by atoms with Gasteiger partial charge in [-0.15, -0.1) is 0 Å². The lowest BCUT2D eigenvalue weighted by atomic mass is 9.82. The molecule has 1 aliphatic rings. The van der Waals surface area contributed by atoms with Crippen molar-refractivity contribution in [2.24, 2.45) is 5.41 Å². The van der Waals surface area contributed by atoms with E-state index < -0.39 is 23.2 Å². The lowest BCUT2D eigenvalue weighted by molar-refractivity contribution is -0.136. The van der Waals surface area contributed by atoms with E-state index in [1.54, 1.807) is 45.3 Å². The van der Waals surface area contributed by atoms with Gasteiger partial charge < -0.3 is 19.8 Å². The monoisotopic (exact) mass is 569 g/mol. The van der Waals surface area contributed by atoms with Gasteiger partial charge in [0.1, 0.15) is 17.4 Å². The second-order valence-electron chi connectivity index (χ2n) is 12.2. The maximum absolute atomic E-state index is 13.8. The minimum atomic E-state index is -0.904. The number of nitrogens with zero attached hydrogens (tertiary/aromatic N) is 3. The number of aliphatic hydroxyl groups is 1. The van der Waals surface area contributed by atoms with Crippen LogP contribution in [0.1, 0.15) is 64.3 Å². The molecule has 0 bridgehead atoms. The van der Waals surface area contributed by atoms with Gasteiger partial charge in [0.15, 0.2) is 0 Å². The maximum atomic E-state index is 13.8. The molecule has 9 heteroatoms. The highest BCUT2D eigenvalue weighted by Crippen LogP contribution is 2.39. The zero-order chi connectivity index (χ0) is 30.4. The number of rotatable bonds is 8. The molecule has 1 aromatic carbocycles. The van der Waals surface area contributed by atoms with Crippen molar-refractivity contribution in [1.29, 1.82) is 0 Å². The molecular weight excluding hydrogens is 528 g/mol. The highest BCUT2D eigenvalue weighted by atomic mass is 19.1. The van der Waals surface area contributed by atoms with Gasteiger partial charge in [-0.25, -0.2) is 8.78 Å². The molecule has 1 fully saturated rings. The Labute approximate surface area is 241 Å². The summed E-state index contributed by atoms with van der Waals surface area (Å²) in [4.78, 5) is 23.0. The first kappa shape index (κ1) is 31.9. The van der Waals surface area contributed by atoms with Crippen molar-refractivity contribution >= 4 is 11.7 Å². The molecule has 0 amide bonds. The molecule has 2 aromatic heterocycles. The van der Waals surface area contributed by atoms with E-state index in [-0.39, 0.29) is 30.4 Å². The summed E-state index contributed by atoms with van der Waals surface area (Å²) in [5.41, 5.74) is 3.44. The Morgan fingerprint density at radius 2 is 1.63 bits per heavy atom. The number of carboxylic acid groups (broad SMARTS) is 1. The number of ether oxygens (including phenoxy) is 1. The van der Waals surface area contributed by atoms with E-state index in [2.05, 4.69) is 28.7 Å². The van der Waals surface area contributed by atoms with Gasteiger partial charge in [0.25, 0.3) is 0 Å². The summed E-state index contributed by atoms with van der Waals surface area (Å²) >= 11 is 0. The molecular formula is C32H41F2N3O4. The van der Waals surface area contributed by atoms with Crippen molar-refractivity contribution in [2.45, 2.75) is 72.8 Å². The fourth-order valence-corrected chi connectivity index (χ4v) is 4.55. The minimum Gasteiger partial charge on any atom is -0.492 e.